The third-order valence-electron chi connectivity index (χ3n) is 3.14. The molecule has 2 rings (SSSR count). The van der Waals surface area contributed by atoms with Crippen molar-refractivity contribution in [1.29, 1.82) is 0 Å². The molecule has 0 aliphatic carbocycles. The van der Waals surface area contributed by atoms with Crippen LogP contribution >= 0.6 is 23.2 Å². The first kappa shape index (κ1) is 18.1. The highest BCUT2D eigenvalue weighted by Crippen LogP contribution is 2.28. The number of aromatic hydroxyl groups is 1. The van der Waals surface area contributed by atoms with Crippen molar-refractivity contribution < 1.29 is 14.6 Å². The second kappa shape index (κ2) is 8.57. The Balaban J connectivity index is 2.00. The van der Waals surface area contributed by atoms with Gasteiger partial charge in [-0.2, -0.15) is 5.10 Å². The number of amides is 1. The lowest BCUT2D eigenvalue weighted by atomic mass is 10.2. The van der Waals surface area contributed by atoms with Crippen LogP contribution in [-0.2, 0) is 4.79 Å². The fourth-order valence-corrected chi connectivity index (χ4v) is 2.33. The highest BCUT2D eigenvalue weighted by atomic mass is 35.5. The fraction of sp³-hybridized carbons (Fsp3) is 0.176. The molecule has 2 aromatic rings. The monoisotopic (exact) mass is 366 g/mol. The molecule has 24 heavy (non-hydrogen) atoms. The van der Waals surface area contributed by atoms with E-state index in [1.165, 1.54) is 12.3 Å². The van der Waals surface area contributed by atoms with Crippen molar-refractivity contribution in [2.75, 3.05) is 0 Å². The summed E-state index contributed by atoms with van der Waals surface area (Å²) in [6.07, 6.45) is 1.02. The summed E-state index contributed by atoms with van der Waals surface area (Å²) in [6, 6.07) is 11.4. The minimum absolute atomic E-state index is 0.0757. The molecule has 1 unspecified atom stereocenters. The zero-order chi connectivity index (χ0) is 17.5. The zero-order valence-electron chi connectivity index (χ0n) is 12.9. The average molecular weight is 367 g/mol. The van der Waals surface area contributed by atoms with Crippen LogP contribution < -0.4 is 10.2 Å². The van der Waals surface area contributed by atoms with Gasteiger partial charge in [0.2, 0.25) is 0 Å². The molecule has 0 aliphatic heterocycles. The van der Waals surface area contributed by atoms with Crippen LogP contribution in [0.25, 0.3) is 0 Å². The van der Waals surface area contributed by atoms with Gasteiger partial charge in [0.25, 0.3) is 5.91 Å². The van der Waals surface area contributed by atoms with Gasteiger partial charge in [-0.25, -0.2) is 5.43 Å². The Hall–Kier alpha value is -2.24. The molecule has 2 aromatic carbocycles. The van der Waals surface area contributed by atoms with Crippen LogP contribution in [0.4, 0.5) is 0 Å². The standard InChI is InChI=1S/C17H16Cl2N2O3/c1-2-15(24-16-8-7-12(18)9-13(16)19)17(23)21-20-10-11-5-3-4-6-14(11)22/h3-10,15,22H,2H2,1H3,(H,21,23). The molecule has 5 nitrogen and oxygen atoms in total. The Bertz CT molecular complexity index is 750. The van der Waals surface area contributed by atoms with Gasteiger partial charge in [-0.3, -0.25) is 4.79 Å². The molecular weight excluding hydrogens is 351 g/mol. The highest BCUT2D eigenvalue weighted by molar-refractivity contribution is 6.35. The third kappa shape index (κ3) is 4.88. The number of carbonyl (C=O) groups is 1. The lowest BCUT2D eigenvalue weighted by Gasteiger charge is -2.16. The number of benzene rings is 2. The van der Waals surface area contributed by atoms with Crippen LogP contribution in [0.15, 0.2) is 47.6 Å². The maximum Gasteiger partial charge on any atom is 0.281 e. The number of carbonyl (C=O) groups excluding carboxylic acids is 1. The summed E-state index contributed by atoms with van der Waals surface area (Å²) in [5.41, 5.74) is 2.88. The Morgan fingerprint density at radius 2 is 2.08 bits per heavy atom. The largest absolute Gasteiger partial charge is 0.507 e. The number of nitrogens with one attached hydrogen (secondary N) is 1. The SMILES string of the molecule is CCC(Oc1ccc(Cl)cc1Cl)C(=O)NN=Cc1ccccc1O. The van der Waals surface area contributed by atoms with Gasteiger partial charge in [0.1, 0.15) is 11.5 Å². The van der Waals surface area contributed by atoms with Crippen molar-refractivity contribution in [3.8, 4) is 11.5 Å². The summed E-state index contributed by atoms with van der Waals surface area (Å²) < 4.78 is 5.61. The molecule has 1 atom stereocenters. The minimum Gasteiger partial charge on any atom is -0.507 e. The summed E-state index contributed by atoms with van der Waals surface area (Å²) in [7, 11) is 0. The molecule has 1 amide bonds. The maximum atomic E-state index is 12.2. The molecule has 126 valence electrons. The number of hydrazone groups is 1. The zero-order valence-corrected chi connectivity index (χ0v) is 14.4. The van der Waals surface area contributed by atoms with Gasteiger partial charge < -0.3 is 9.84 Å². The average Bonchev–Trinajstić information content (AvgIpc) is 2.56. The molecule has 0 aromatic heterocycles. The van der Waals surface area contributed by atoms with Crippen LogP contribution in [0.3, 0.4) is 0 Å². The number of hydrogen-bond acceptors (Lipinski definition) is 4. The molecule has 0 spiro atoms. The van der Waals surface area contributed by atoms with Crippen LogP contribution in [0.5, 0.6) is 11.5 Å². The summed E-state index contributed by atoms with van der Waals surface area (Å²) in [4.78, 5) is 12.2. The number of ether oxygens (including phenoxy) is 1. The van der Waals surface area contributed by atoms with Crippen LogP contribution in [0.1, 0.15) is 18.9 Å². The number of phenols is 1. The van der Waals surface area contributed by atoms with Crippen molar-refractivity contribution in [3.05, 3.63) is 58.1 Å². The van der Waals surface area contributed by atoms with Gasteiger partial charge in [0.15, 0.2) is 6.10 Å². The Labute approximate surface area is 149 Å². The first-order valence-electron chi connectivity index (χ1n) is 7.24. The molecule has 0 aliphatic rings. The smallest absolute Gasteiger partial charge is 0.281 e. The molecule has 0 saturated heterocycles. The van der Waals surface area contributed by atoms with E-state index in [2.05, 4.69) is 10.5 Å². The number of para-hydroxylation sites is 1. The molecule has 0 radical (unpaired) electrons. The number of rotatable bonds is 6. The fourth-order valence-electron chi connectivity index (χ4n) is 1.88. The maximum absolute atomic E-state index is 12.2. The minimum atomic E-state index is -0.759. The molecule has 0 fully saturated rings. The van der Waals surface area contributed by atoms with Gasteiger partial charge in [0, 0.05) is 10.6 Å². The van der Waals surface area contributed by atoms with Crippen molar-refractivity contribution in [2.24, 2.45) is 5.10 Å². The predicted molar refractivity (Wildman–Crippen MR) is 95.0 cm³/mol. The summed E-state index contributed by atoms with van der Waals surface area (Å²) in [5, 5.41) is 14.3. The van der Waals surface area contributed by atoms with E-state index in [9.17, 15) is 9.90 Å². The molecule has 0 bridgehead atoms. The Morgan fingerprint density at radius 3 is 2.75 bits per heavy atom. The van der Waals surface area contributed by atoms with Gasteiger partial charge in [0.05, 0.1) is 11.2 Å². The van der Waals surface area contributed by atoms with Gasteiger partial charge in [-0.05, 0) is 36.8 Å². The number of phenolic OH excluding ortho intramolecular Hbond substituents is 1. The highest BCUT2D eigenvalue weighted by Gasteiger charge is 2.19. The second-order valence-corrected chi connectivity index (χ2v) is 5.73. The normalized spacial score (nSPS) is 12.1. The van der Waals surface area contributed by atoms with Crippen molar-refractivity contribution >= 4 is 35.3 Å². The van der Waals surface area contributed by atoms with E-state index in [-0.39, 0.29) is 5.75 Å². The molecule has 0 heterocycles. The van der Waals surface area contributed by atoms with Gasteiger partial charge >= 0.3 is 0 Å². The third-order valence-corrected chi connectivity index (χ3v) is 3.67. The van der Waals surface area contributed by atoms with Gasteiger partial charge in [-0.15, -0.1) is 0 Å². The topological polar surface area (TPSA) is 70.9 Å². The van der Waals surface area contributed by atoms with E-state index in [4.69, 9.17) is 27.9 Å². The Kier molecular flexibility index (Phi) is 6.46. The summed E-state index contributed by atoms with van der Waals surface area (Å²) in [6.45, 7) is 1.81. The lowest BCUT2D eigenvalue weighted by molar-refractivity contribution is -0.128. The molecular formula is C17H16Cl2N2O3. The van der Waals surface area contributed by atoms with Gasteiger partial charge in [-0.1, -0.05) is 42.3 Å². The summed E-state index contributed by atoms with van der Waals surface area (Å²) >= 11 is 11.9. The molecule has 0 saturated carbocycles. The van der Waals surface area contributed by atoms with Crippen LogP contribution in [0, 0.1) is 0 Å². The van der Waals surface area contributed by atoms with Crippen LogP contribution in [0.2, 0.25) is 10.0 Å². The lowest BCUT2D eigenvalue weighted by Crippen LogP contribution is -2.35. The summed E-state index contributed by atoms with van der Waals surface area (Å²) in [5.74, 6) is 0.0228. The van der Waals surface area contributed by atoms with E-state index in [1.807, 2.05) is 0 Å². The molecule has 7 heteroatoms. The van der Waals surface area contributed by atoms with Crippen molar-refractivity contribution in [1.82, 2.24) is 5.43 Å². The molecule has 2 N–H and O–H groups in total. The van der Waals surface area contributed by atoms with Crippen LogP contribution in [-0.4, -0.2) is 23.3 Å². The van der Waals surface area contributed by atoms with E-state index in [0.717, 1.165) is 0 Å². The van der Waals surface area contributed by atoms with Crippen molar-refractivity contribution in [2.45, 2.75) is 19.4 Å². The first-order chi connectivity index (χ1) is 11.5. The van der Waals surface area contributed by atoms with E-state index < -0.39 is 12.0 Å². The van der Waals surface area contributed by atoms with Crippen molar-refractivity contribution in [3.63, 3.8) is 0 Å². The number of nitrogens with zero attached hydrogens (tertiary/aromatic N) is 1. The van der Waals surface area contributed by atoms with E-state index >= 15 is 0 Å². The Morgan fingerprint density at radius 1 is 1.33 bits per heavy atom. The van der Waals surface area contributed by atoms with E-state index in [1.54, 1.807) is 43.3 Å². The number of hydrogen-bond donors (Lipinski definition) is 2. The number of halogens is 2. The quantitative estimate of drug-likeness (QED) is 0.599. The second-order valence-electron chi connectivity index (χ2n) is 4.88. The van der Waals surface area contributed by atoms with E-state index in [0.29, 0.717) is 27.8 Å². The predicted octanol–water partition coefficient (Wildman–Crippen LogP) is 4.01. The first-order valence-corrected chi connectivity index (χ1v) is 7.99.